The number of hydrogen-bond donors (Lipinski definition) is 2. The highest BCUT2D eigenvalue weighted by molar-refractivity contribution is 7.92. The van der Waals surface area contributed by atoms with Gasteiger partial charge in [-0.05, 0) is 93.6 Å². The van der Waals surface area contributed by atoms with Gasteiger partial charge in [0.2, 0.25) is 10.0 Å². The number of nitrogens with one attached hydrogen (secondary N) is 2. The fourth-order valence-electron chi connectivity index (χ4n) is 6.46. The molecule has 3 aromatic carbocycles. The van der Waals surface area contributed by atoms with E-state index in [0.717, 1.165) is 49.0 Å². The Labute approximate surface area is 301 Å². The third kappa shape index (κ3) is 8.02. The summed E-state index contributed by atoms with van der Waals surface area (Å²) in [4.78, 5) is 6.95. The number of likely N-dealkylation sites (tertiary alicyclic amines) is 1. The molecule has 260 valence electrons. The van der Waals surface area contributed by atoms with E-state index in [2.05, 4.69) is 57.1 Å². The van der Waals surface area contributed by atoms with E-state index in [9.17, 15) is 18.1 Å². The summed E-state index contributed by atoms with van der Waals surface area (Å²) in [6.07, 6.45) is 6.85. The van der Waals surface area contributed by atoms with Gasteiger partial charge >= 0.3 is 0 Å². The molecule has 14 heteroatoms. The van der Waals surface area contributed by atoms with Crippen molar-refractivity contribution in [2.24, 2.45) is 0 Å². The molecule has 1 fully saturated rings. The lowest BCUT2D eigenvalue weighted by atomic mass is 9.88. The van der Waals surface area contributed by atoms with Crippen molar-refractivity contribution in [2.45, 2.75) is 57.5 Å². The Kier molecular flexibility index (Phi) is 10.1. The van der Waals surface area contributed by atoms with Crippen molar-refractivity contribution in [2.75, 3.05) is 29.4 Å². The lowest BCUT2D eigenvalue weighted by Crippen LogP contribution is -2.46. The summed E-state index contributed by atoms with van der Waals surface area (Å²) in [5.74, 6) is -0.899. The minimum Gasteiger partial charge on any atom is -0.354 e. The van der Waals surface area contributed by atoms with E-state index >= 15 is 0 Å². The Morgan fingerprint density at radius 1 is 1.06 bits per heavy atom. The second kappa shape index (κ2) is 14.2. The van der Waals surface area contributed by atoms with Crippen LogP contribution in [0.25, 0.3) is 10.9 Å². The molecule has 0 bridgehead atoms. The van der Waals surface area contributed by atoms with Crippen molar-refractivity contribution < 1.29 is 12.8 Å². The molecule has 3 heterocycles. The highest BCUT2D eigenvalue weighted by Gasteiger charge is 2.29. The van der Waals surface area contributed by atoms with Crippen molar-refractivity contribution >= 4 is 61.2 Å². The Balaban J connectivity index is 1.40. The van der Waals surface area contributed by atoms with Gasteiger partial charge in [-0.1, -0.05) is 40.5 Å². The van der Waals surface area contributed by atoms with Gasteiger partial charge in [0.15, 0.2) is 0 Å². The maximum Gasteiger partial charge on any atom is 0.229 e. The Morgan fingerprint density at radius 2 is 1.82 bits per heavy atom. The third-order valence-electron chi connectivity index (χ3n) is 9.00. The second-order valence-electron chi connectivity index (χ2n) is 13.7. The topological polar surface area (TPSA) is 129 Å². The molecule has 6 rings (SSSR count). The number of anilines is 3. The fourth-order valence-corrected chi connectivity index (χ4v) is 7.49. The van der Waals surface area contributed by atoms with Gasteiger partial charge < -0.3 is 5.32 Å². The van der Waals surface area contributed by atoms with Crippen LogP contribution in [0.2, 0.25) is 10.0 Å². The van der Waals surface area contributed by atoms with Gasteiger partial charge in [0.05, 0.1) is 44.8 Å². The molecule has 0 amide bonds. The quantitative estimate of drug-likeness (QED) is 0.156. The summed E-state index contributed by atoms with van der Waals surface area (Å²) in [5, 5.41) is 23.3. The number of nitrogens with zero attached hydrogens (tertiary/aromatic N) is 6. The van der Waals surface area contributed by atoms with Gasteiger partial charge in [0.1, 0.15) is 11.9 Å². The Bertz CT molecular complexity index is 2210. The van der Waals surface area contributed by atoms with E-state index in [1.54, 1.807) is 18.2 Å². The molecule has 0 radical (unpaired) electrons. The van der Waals surface area contributed by atoms with E-state index in [4.69, 9.17) is 23.2 Å². The number of aromatic nitrogens is 4. The lowest BCUT2D eigenvalue weighted by Gasteiger charge is -2.40. The van der Waals surface area contributed by atoms with E-state index in [0.29, 0.717) is 39.4 Å². The first kappa shape index (κ1) is 35.5. The summed E-state index contributed by atoms with van der Waals surface area (Å²) < 4.78 is 42.7. The standard InChI is InChI=1S/C36H37Cl2FN8O2S/c1-36(2,3)46-12-10-27(11-13-46)47-21-33(43-45-47)28(23-6-5-7-26(17-23)44-50(4,48)49)14-22-15-29-34(42-25-8-9-32(39)30(37)18-25)24(19-40)20-41-35(29)31(38)16-22/h5-9,15-18,20-21,27-28,44H,10-14H2,1-4H3,(H,41,42)/t28-/m0/s1. The Hall–Kier alpha value is -4.28. The molecule has 2 aromatic heterocycles. The van der Waals surface area contributed by atoms with Crippen LogP contribution in [-0.4, -0.2) is 58.2 Å². The van der Waals surface area contributed by atoms with Gasteiger partial charge in [-0.15, -0.1) is 5.10 Å². The number of pyridine rings is 1. The molecule has 1 saturated heterocycles. The van der Waals surface area contributed by atoms with E-state index in [1.165, 1.54) is 24.4 Å². The van der Waals surface area contributed by atoms with Gasteiger partial charge in [0.25, 0.3) is 0 Å². The molecule has 50 heavy (non-hydrogen) atoms. The zero-order valence-electron chi connectivity index (χ0n) is 28.1. The lowest BCUT2D eigenvalue weighted by molar-refractivity contribution is 0.0866. The number of nitriles is 1. The second-order valence-corrected chi connectivity index (χ2v) is 16.2. The third-order valence-corrected chi connectivity index (χ3v) is 10.2. The first-order valence-corrected chi connectivity index (χ1v) is 18.8. The molecule has 1 atom stereocenters. The normalized spacial score (nSPS) is 15.2. The summed E-state index contributed by atoms with van der Waals surface area (Å²) in [7, 11) is -3.51. The van der Waals surface area contributed by atoms with Crippen LogP contribution >= 0.6 is 23.2 Å². The molecular formula is C36H37Cl2FN8O2S. The number of rotatable bonds is 9. The minimum absolute atomic E-state index is 0.0613. The summed E-state index contributed by atoms with van der Waals surface area (Å²) in [6.45, 7) is 8.60. The van der Waals surface area contributed by atoms with Gasteiger partial charge in [-0.3, -0.25) is 14.6 Å². The zero-order valence-corrected chi connectivity index (χ0v) is 30.4. The number of sulfonamides is 1. The smallest absolute Gasteiger partial charge is 0.229 e. The molecule has 0 unspecified atom stereocenters. The average Bonchev–Trinajstić information content (AvgIpc) is 3.55. The van der Waals surface area contributed by atoms with Crippen molar-refractivity contribution in [1.82, 2.24) is 24.9 Å². The number of piperidine rings is 1. The predicted octanol–water partition coefficient (Wildman–Crippen LogP) is 8.07. The van der Waals surface area contributed by atoms with Crippen LogP contribution in [0.5, 0.6) is 0 Å². The van der Waals surface area contributed by atoms with Crippen molar-refractivity contribution in [3.8, 4) is 6.07 Å². The molecule has 1 aliphatic rings. The molecular weight excluding hydrogens is 698 g/mol. The number of fused-ring (bicyclic) bond motifs is 1. The highest BCUT2D eigenvalue weighted by atomic mass is 35.5. The zero-order chi connectivity index (χ0) is 35.8. The largest absolute Gasteiger partial charge is 0.354 e. The summed E-state index contributed by atoms with van der Waals surface area (Å²) in [6, 6.07) is 17.6. The first-order chi connectivity index (χ1) is 23.7. The molecule has 10 nitrogen and oxygen atoms in total. The van der Waals surface area contributed by atoms with Gasteiger partial charge in [0, 0.05) is 53.7 Å². The van der Waals surface area contributed by atoms with Crippen molar-refractivity contribution in [3.63, 3.8) is 0 Å². The molecule has 0 spiro atoms. The minimum atomic E-state index is -3.51. The maximum absolute atomic E-state index is 13.9. The van der Waals surface area contributed by atoms with Crippen LogP contribution in [0.1, 0.15) is 68.0 Å². The first-order valence-electron chi connectivity index (χ1n) is 16.2. The number of benzene rings is 3. The summed E-state index contributed by atoms with van der Waals surface area (Å²) in [5.41, 5.74) is 4.58. The predicted molar refractivity (Wildman–Crippen MR) is 196 cm³/mol. The van der Waals surface area contributed by atoms with Crippen molar-refractivity contribution in [1.29, 1.82) is 5.26 Å². The van der Waals surface area contributed by atoms with Crippen LogP contribution in [0.4, 0.5) is 21.5 Å². The average molecular weight is 736 g/mol. The van der Waals surface area contributed by atoms with Crippen LogP contribution < -0.4 is 10.0 Å². The SMILES string of the molecule is CC(C)(C)N1CCC(n2cc([C@@H](Cc3cc(Cl)c4ncc(C#N)c(Nc5ccc(F)c(Cl)c5)c4c3)c3cccc(NS(C)(=O)=O)c3)nn2)CC1. The number of halogens is 3. The monoisotopic (exact) mass is 734 g/mol. The van der Waals surface area contributed by atoms with Gasteiger partial charge in [-0.25, -0.2) is 17.5 Å². The highest BCUT2D eigenvalue weighted by Crippen LogP contribution is 2.37. The van der Waals surface area contributed by atoms with E-state index < -0.39 is 15.8 Å². The molecule has 2 N–H and O–H groups in total. The van der Waals surface area contributed by atoms with Gasteiger partial charge in [-0.2, -0.15) is 5.26 Å². The fraction of sp³-hybridized carbons (Fsp3) is 0.333. The van der Waals surface area contributed by atoms with E-state index in [1.807, 2.05) is 29.1 Å². The molecule has 0 saturated carbocycles. The van der Waals surface area contributed by atoms with Crippen LogP contribution in [0.15, 0.2) is 67.0 Å². The molecule has 0 aliphatic carbocycles. The van der Waals surface area contributed by atoms with Crippen LogP contribution in [0.3, 0.4) is 0 Å². The van der Waals surface area contributed by atoms with Crippen LogP contribution in [0, 0.1) is 17.1 Å². The van der Waals surface area contributed by atoms with Crippen LogP contribution in [-0.2, 0) is 16.4 Å². The molecule has 1 aliphatic heterocycles. The maximum atomic E-state index is 13.9. The number of hydrogen-bond acceptors (Lipinski definition) is 8. The van der Waals surface area contributed by atoms with Crippen molar-refractivity contribution in [3.05, 3.63) is 105 Å². The summed E-state index contributed by atoms with van der Waals surface area (Å²) >= 11 is 12.9. The molecule has 5 aromatic rings. The van der Waals surface area contributed by atoms with E-state index in [-0.39, 0.29) is 28.1 Å². The Morgan fingerprint density at radius 3 is 2.50 bits per heavy atom.